The Kier molecular flexibility index (Phi) is 4.48. The van der Waals surface area contributed by atoms with Crippen molar-refractivity contribution >= 4 is 11.8 Å². The van der Waals surface area contributed by atoms with Crippen LogP contribution in [0.3, 0.4) is 0 Å². The van der Waals surface area contributed by atoms with Gasteiger partial charge in [0.25, 0.3) is 0 Å². The van der Waals surface area contributed by atoms with Gasteiger partial charge < -0.3 is 4.90 Å². The van der Waals surface area contributed by atoms with E-state index in [1.165, 1.54) is 0 Å². The van der Waals surface area contributed by atoms with E-state index in [-0.39, 0.29) is 0 Å². The monoisotopic (exact) mass is 220 g/mol. The summed E-state index contributed by atoms with van der Waals surface area (Å²) in [6.07, 6.45) is 2.19. The number of nitrogens with two attached hydrogens (primary N) is 1. The first-order chi connectivity index (χ1) is 7.72. The van der Waals surface area contributed by atoms with Crippen LogP contribution in [0, 0.1) is 18.3 Å². The predicted molar refractivity (Wildman–Crippen MR) is 62.7 cm³/mol. The molecule has 0 aromatic carbocycles. The summed E-state index contributed by atoms with van der Waals surface area (Å²) in [7, 11) is 0. The third-order valence-corrected chi connectivity index (χ3v) is 2.25. The molecule has 86 valence electrons. The number of nitrogens with one attached hydrogen (secondary N) is 1. The van der Waals surface area contributed by atoms with Gasteiger partial charge in [-0.25, -0.2) is 10.8 Å². The highest BCUT2D eigenvalue weighted by Crippen LogP contribution is 2.17. The van der Waals surface area contributed by atoms with Gasteiger partial charge in [-0.05, 0) is 13.8 Å². The van der Waals surface area contributed by atoms with Crippen LogP contribution < -0.4 is 16.2 Å². The average Bonchev–Trinajstić information content (AvgIpc) is 2.32. The molecule has 0 saturated carbocycles. The van der Waals surface area contributed by atoms with Crippen molar-refractivity contribution in [2.75, 3.05) is 23.4 Å². The molecule has 3 N–H and O–H groups in total. The molecule has 0 aliphatic heterocycles. The number of hydrogen-bond donors (Lipinski definition) is 2. The van der Waals surface area contributed by atoms with E-state index >= 15 is 0 Å². The van der Waals surface area contributed by atoms with Gasteiger partial charge >= 0.3 is 0 Å². The van der Waals surface area contributed by atoms with Gasteiger partial charge in [-0.1, -0.05) is 0 Å². The number of aryl methyl sites for hydroxylation is 1. The van der Waals surface area contributed by atoms with Crippen molar-refractivity contribution in [3.05, 3.63) is 11.8 Å². The maximum absolute atomic E-state index is 8.59. The second-order valence-corrected chi connectivity index (χ2v) is 3.33. The van der Waals surface area contributed by atoms with E-state index in [9.17, 15) is 0 Å². The molecule has 0 unspecified atom stereocenters. The minimum absolute atomic E-state index is 0.385. The Hall–Kier alpha value is -1.87. The fourth-order valence-electron chi connectivity index (χ4n) is 1.42. The van der Waals surface area contributed by atoms with Crippen molar-refractivity contribution < 1.29 is 0 Å². The van der Waals surface area contributed by atoms with Gasteiger partial charge in [0.15, 0.2) is 0 Å². The summed E-state index contributed by atoms with van der Waals surface area (Å²) < 4.78 is 0. The number of anilines is 2. The average molecular weight is 220 g/mol. The van der Waals surface area contributed by atoms with Gasteiger partial charge in [-0.3, -0.25) is 5.43 Å². The van der Waals surface area contributed by atoms with Crippen molar-refractivity contribution in [2.24, 2.45) is 5.84 Å². The standard InChI is InChI=1S/C10H16N6/c1-3-16(6-4-5-11)9-8(2)7-13-10(14-9)15-12/h7H,3-4,6,12H2,1-2H3,(H,13,14,15). The maximum Gasteiger partial charge on any atom is 0.239 e. The van der Waals surface area contributed by atoms with Crippen molar-refractivity contribution in [1.82, 2.24) is 9.97 Å². The zero-order valence-corrected chi connectivity index (χ0v) is 9.56. The van der Waals surface area contributed by atoms with Gasteiger partial charge in [0.1, 0.15) is 5.82 Å². The Morgan fingerprint density at radius 2 is 2.38 bits per heavy atom. The van der Waals surface area contributed by atoms with E-state index in [1.54, 1.807) is 6.20 Å². The highest BCUT2D eigenvalue weighted by atomic mass is 15.3. The van der Waals surface area contributed by atoms with E-state index in [0.29, 0.717) is 18.9 Å². The van der Waals surface area contributed by atoms with Crippen LogP contribution >= 0.6 is 0 Å². The Balaban J connectivity index is 2.94. The zero-order valence-electron chi connectivity index (χ0n) is 9.56. The van der Waals surface area contributed by atoms with E-state index in [2.05, 4.69) is 21.5 Å². The van der Waals surface area contributed by atoms with E-state index in [0.717, 1.165) is 17.9 Å². The lowest BCUT2D eigenvalue weighted by Gasteiger charge is -2.22. The van der Waals surface area contributed by atoms with Crippen molar-refractivity contribution in [1.29, 1.82) is 5.26 Å². The van der Waals surface area contributed by atoms with Crippen molar-refractivity contribution in [3.8, 4) is 6.07 Å². The first-order valence-electron chi connectivity index (χ1n) is 5.15. The summed E-state index contributed by atoms with van der Waals surface area (Å²) in [6, 6.07) is 2.12. The first-order valence-corrected chi connectivity index (χ1v) is 5.15. The molecule has 0 atom stereocenters. The maximum atomic E-state index is 8.59. The SMILES string of the molecule is CCN(CCC#N)c1nc(NN)ncc1C. The van der Waals surface area contributed by atoms with E-state index in [4.69, 9.17) is 11.1 Å². The molecule has 0 spiro atoms. The summed E-state index contributed by atoms with van der Waals surface area (Å²) >= 11 is 0. The summed E-state index contributed by atoms with van der Waals surface area (Å²) in [5.41, 5.74) is 3.39. The Labute approximate surface area is 95.1 Å². The number of hydrazine groups is 1. The van der Waals surface area contributed by atoms with Crippen LogP contribution in [0.5, 0.6) is 0 Å². The molecule has 16 heavy (non-hydrogen) atoms. The Bertz CT molecular complexity index is 383. The second-order valence-electron chi connectivity index (χ2n) is 3.33. The molecular formula is C10H16N6. The largest absolute Gasteiger partial charge is 0.355 e. The molecule has 1 heterocycles. The van der Waals surface area contributed by atoms with E-state index in [1.807, 2.05) is 18.7 Å². The van der Waals surface area contributed by atoms with Crippen LogP contribution in [0.25, 0.3) is 0 Å². The fourth-order valence-corrected chi connectivity index (χ4v) is 1.42. The van der Waals surface area contributed by atoms with Crippen molar-refractivity contribution in [2.45, 2.75) is 20.3 Å². The number of rotatable bonds is 5. The van der Waals surface area contributed by atoms with Crippen LogP contribution in [0.15, 0.2) is 6.20 Å². The summed E-state index contributed by atoms with van der Waals surface area (Å²) in [5.74, 6) is 6.47. The normalized spacial score (nSPS) is 9.62. The lowest BCUT2D eigenvalue weighted by atomic mass is 10.3. The van der Waals surface area contributed by atoms with Crippen LogP contribution in [-0.2, 0) is 0 Å². The number of hydrogen-bond acceptors (Lipinski definition) is 6. The number of nitrogens with zero attached hydrogens (tertiary/aromatic N) is 4. The molecule has 0 amide bonds. The number of nitrogen functional groups attached to an aromatic ring is 1. The van der Waals surface area contributed by atoms with Gasteiger partial charge in [0, 0.05) is 24.8 Å². The van der Waals surface area contributed by atoms with Crippen molar-refractivity contribution in [3.63, 3.8) is 0 Å². The van der Waals surface area contributed by atoms with Crippen LogP contribution in [0.1, 0.15) is 18.9 Å². The molecule has 1 rings (SSSR count). The molecule has 6 heteroatoms. The van der Waals surface area contributed by atoms with Gasteiger partial charge in [-0.15, -0.1) is 0 Å². The molecule has 0 fully saturated rings. The minimum Gasteiger partial charge on any atom is -0.355 e. The molecule has 1 aromatic heterocycles. The fraction of sp³-hybridized carbons (Fsp3) is 0.500. The number of aromatic nitrogens is 2. The number of nitriles is 1. The zero-order chi connectivity index (χ0) is 12.0. The molecule has 1 aromatic rings. The molecule has 0 saturated heterocycles. The topological polar surface area (TPSA) is 90.9 Å². The van der Waals surface area contributed by atoms with E-state index < -0.39 is 0 Å². The predicted octanol–water partition coefficient (Wildman–Crippen LogP) is 0.811. The minimum atomic E-state index is 0.385. The van der Waals surface area contributed by atoms with Crippen LogP contribution in [0.4, 0.5) is 11.8 Å². The summed E-state index contributed by atoms with van der Waals surface area (Å²) in [6.45, 7) is 5.41. The first kappa shape index (κ1) is 12.2. The smallest absolute Gasteiger partial charge is 0.239 e. The third kappa shape index (κ3) is 2.81. The Morgan fingerprint density at radius 1 is 1.62 bits per heavy atom. The van der Waals surface area contributed by atoms with Gasteiger partial charge in [0.2, 0.25) is 5.95 Å². The highest BCUT2D eigenvalue weighted by Gasteiger charge is 2.10. The molecule has 6 nitrogen and oxygen atoms in total. The lowest BCUT2D eigenvalue weighted by molar-refractivity contribution is 0.803. The van der Waals surface area contributed by atoms with Crippen LogP contribution in [0.2, 0.25) is 0 Å². The molecule has 0 aliphatic carbocycles. The summed E-state index contributed by atoms with van der Waals surface area (Å²) in [4.78, 5) is 10.3. The molecule has 0 radical (unpaired) electrons. The summed E-state index contributed by atoms with van der Waals surface area (Å²) in [5, 5.41) is 8.59. The van der Waals surface area contributed by atoms with Crippen LogP contribution in [-0.4, -0.2) is 23.1 Å². The molecular weight excluding hydrogens is 204 g/mol. The molecule has 0 aliphatic rings. The van der Waals surface area contributed by atoms with Gasteiger partial charge in [0.05, 0.1) is 12.5 Å². The quantitative estimate of drug-likeness (QED) is 0.563. The lowest BCUT2D eigenvalue weighted by Crippen LogP contribution is -2.26. The van der Waals surface area contributed by atoms with Gasteiger partial charge in [-0.2, -0.15) is 10.2 Å². The Morgan fingerprint density at radius 3 is 2.94 bits per heavy atom. The highest BCUT2D eigenvalue weighted by molar-refractivity contribution is 5.48. The second kappa shape index (κ2) is 5.88. The molecule has 0 bridgehead atoms. The third-order valence-electron chi connectivity index (χ3n) is 2.25.